The normalized spacial score (nSPS) is 17.0. The van der Waals surface area contributed by atoms with Gasteiger partial charge in [-0.15, -0.1) is 0 Å². The summed E-state index contributed by atoms with van der Waals surface area (Å²) in [7, 11) is 0. The van der Waals surface area contributed by atoms with E-state index in [1.807, 2.05) is 0 Å². The molecule has 1 heterocycles. The Morgan fingerprint density at radius 2 is 1.81 bits per heavy atom. The van der Waals surface area contributed by atoms with E-state index in [-0.39, 0.29) is 23.7 Å². The molecule has 2 aromatic rings. The van der Waals surface area contributed by atoms with Crippen LogP contribution in [-0.4, -0.2) is 27.8 Å². The van der Waals surface area contributed by atoms with Crippen molar-refractivity contribution in [3.63, 3.8) is 0 Å². The Labute approximate surface area is 165 Å². The molecule has 0 saturated carbocycles. The summed E-state index contributed by atoms with van der Waals surface area (Å²) in [6, 6.07) is 13.3. The topological polar surface area (TPSA) is 79.1 Å². The van der Waals surface area contributed by atoms with Crippen molar-refractivity contribution in [2.45, 2.75) is 6.92 Å². The number of esters is 1. The fourth-order valence-electron chi connectivity index (χ4n) is 2.35. The molecular weight excluding hydrogens is 386 g/mol. The first-order chi connectivity index (χ1) is 13.0. The number of rotatable bonds is 4. The van der Waals surface area contributed by atoms with Gasteiger partial charge < -0.3 is 14.9 Å². The van der Waals surface area contributed by atoms with Gasteiger partial charge in [-0.3, -0.25) is 0 Å². The fourth-order valence-corrected chi connectivity index (χ4v) is 3.51. The summed E-state index contributed by atoms with van der Waals surface area (Å²) in [5.41, 5.74) is 1.39. The van der Waals surface area contributed by atoms with Crippen LogP contribution in [0.2, 0.25) is 5.02 Å². The number of ether oxygens (including phenoxy) is 1. The molecule has 2 N–H and O–H groups in total. The lowest BCUT2D eigenvalue weighted by Gasteiger charge is -2.03. The Kier molecular flexibility index (Phi) is 5.88. The highest BCUT2D eigenvalue weighted by molar-refractivity contribution is 8.18. The van der Waals surface area contributed by atoms with E-state index in [9.17, 15) is 15.0 Å². The molecule has 0 aromatic heterocycles. The van der Waals surface area contributed by atoms with Crippen molar-refractivity contribution < 1.29 is 19.7 Å². The molecule has 1 aliphatic heterocycles. The molecule has 138 valence electrons. The molecule has 0 amide bonds. The third-order valence-corrected chi connectivity index (χ3v) is 4.89. The molecule has 27 heavy (non-hydrogen) atoms. The second kappa shape index (κ2) is 8.33. The van der Waals surface area contributed by atoms with E-state index in [2.05, 4.69) is 4.99 Å². The van der Waals surface area contributed by atoms with Gasteiger partial charge >= 0.3 is 5.97 Å². The number of thioether (sulfide) groups is 1. The summed E-state index contributed by atoms with van der Waals surface area (Å²) in [6.07, 6.45) is 1.71. The molecule has 1 aliphatic rings. The van der Waals surface area contributed by atoms with Gasteiger partial charge in [0.1, 0.15) is 22.1 Å². The minimum absolute atomic E-state index is 0.0295. The van der Waals surface area contributed by atoms with Crippen LogP contribution in [0.1, 0.15) is 12.5 Å². The van der Waals surface area contributed by atoms with Crippen LogP contribution in [-0.2, 0) is 9.53 Å². The standard InChI is InChI=1S/C20H16ClNO4S/c1-2-26-20(25)17-18(24)16(11-12-3-9-15(23)10-4-12)27-19(17)22-14-7-5-13(21)6-8-14/h3-11,23-24H,2H2,1H3/b16-11-,22-19?. The van der Waals surface area contributed by atoms with Crippen LogP contribution < -0.4 is 0 Å². The highest BCUT2D eigenvalue weighted by Crippen LogP contribution is 2.40. The largest absolute Gasteiger partial charge is 0.508 e. The molecular formula is C20H16ClNO4S. The SMILES string of the molecule is CCOC(=O)C1=C(O)/C(=C/c2ccc(O)cc2)SC1=Nc1ccc(Cl)cc1. The van der Waals surface area contributed by atoms with Crippen molar-refractivity contribution in [1.82, 2.24) is 0 Å². The maximum absolute atomic E-state index is 12.3. The Bertz CT molecular complexity index is 947. The van der Waals surface area contributed by atoms with Gasteiger partial charge in [-0.1, -0.05) is 35.5 Å². The molecule has 7 heteroatoms. The van der Waals surface area contributed by atoms with Crippen LogP contribution in [0.5, 0.6) is 5.75 Å². The number of halogens is 1. The number of nitrogens with zero attached hydrogens (tertiary/aromatic N) is 1. The van der Waals surface area contributed by atoms with Crippen LogP contribution in [0.15, 0.2) is 69.8 Å². The summed E-state index contributed by atoms with van der Waals surface area (Å²) in [6.45, 7) is 1.88. The maximum Gasteiger partial charge on any atom is 0.344 e. The lowest BCUT2D eigenvalue weighted by molar-refractivity contribution is -0.138. The minimum atomic E-state index is -0.635. The average molecular weight is 402 g/mol. The molecule has 5 nitrogen and oxygen atoms in total. The first kappa shape index (κ1) is 19.1. The highest BCUT2D eigenvalue weighted by Gasteiger charge is 2.33. The third-order valence-electron chi connectivity index (χ3n) is 3.62. The number of phenolic OH excluding ortho intramolecular Hbond substituents is 1. The molecule has 2 aromatic carbocycles. The third kappa shape index (κ3) is 4.53. The second-order valence-electron chi connectivity index (χ2n) is 5.54. The van der Waals surface area contributed by atoms with Crippen LogP contribution in [0.4, 0.5) is 5.69 Å². The number of hydrogen-bond acceptors (Lipinski definition) is 6. The Hall–Kier alpha value is -2.70. The monoisotopic (exact) mass is 401 g/mol. The van der Waals surface area contributed by atoms with E-state index in [0.29, 0.717) is 20.7 Å². The second-order valence-corrected chi connectivity index (χ2v) is 7.01. The summed E-state index contributed by atoms with van der Waals surface area (Å²) >= 11 is 7.06. The van der Waals surface area contributed by atoms with Crippen molar-refractivity contribution in [1.29, 1.82) is 0 Å². The number of aliphatic hydroxyl groups is 1. The zero-order chi connectivity index (χ0) is 19.4. The van der Waals surface area contributed by atoms with Crippen molar-refractivity contribution in [2.24, 2.45) is 4.99 Å². The average Bonchev–Trinajstić information content (AvgIpc) is 2.94. The van der Waals surface area contributed by atoms with Gasteiger partial charge in [-0.25, -0.2) is 9.79 Å². The number of carbonyl (C=O) groups excluding carboxylic acids is 1. The molecule has 0 unspecified atom stereocenters. The lowest BCUT2D eigenvalue weighted by atomic mass is 10.1. The van der Waals surface area contributed by atoms with Crippen molar-refractivity contribution in [3.05, 3.63) is 75.4 Å². The molecule has 3 rings (SSSR count). The van der Waals surface area contributed by atoms with Crippen LogP contribution in [0.3, 0.4) is 0 Å². The molecule has 0 saturated heterocycles. The summed E-state index contributed by atoms with van der Waals surface area (Å²) in [5, 5.41) is 20.9. The Morgan fingerprint density at radius 1 is 1.15 bits per heavy atom. The predicted molar refractivity (Wildman–Crippen MR) is 109 cm³/mol. The zero-order valence-corrected chi connectivity index (χ0v) is 15.9. The number of aliphatic imine (C=N–C) groups is 1. The van der Waals surface area contributed by atoms with Gasteiger partial charge in [0.2, 0.25) is 0 Å². The molecule has 0 bridgehead atoms. The Balaban J connectivity index is 2.02. The van der Waals surface area contributed by atoms with Gasteiger partial charge in [0.25, 0.3) is 0 Å². The van der Waals surface area contributed by atoms with Crippen LogP contribution in [0, 0.1) is 0 Å². The number of aromatic hydroxyl groups is 1. The van der Waals surface area contributed by atoms with E-state index < -0.39 is 5.97 Å². The van der Waals surface area contributed by atoms with Crippen molar-refractivity contribution in [3.8, 4) is 5.75 Å². The van der Waals surface area contributed by atoms with E-state index in [4.69, 9.17) is 16.3 Å². The van der Waals surface area contributed by atoms with Crippen LogP contribution >= 0.6 is 23.4 Å². The number of hydrogen-bond donors (Lipinski definition) is 2. The quantitative estimate of drug-likeness (QED) is 0.685. The molecule has 0 aliphatic carbocycles. The molecule has 0 atom stereocenters. The van der Waals surface area contributed by atoms with Crippen LogP contribution in [0.25, 0.3) is 6.08 Å². The van der Waals surface area contributed by atoms with Crippen molar-refractivity contribution in [2.75, 3.05) is 6.61 Å². The first-order valence-electron chi connectivity index (χ1n) is 8.12. The predicted octanol–water partition coefficient (Wildman–Crippen LogP) is 5.24. The number of carbonyl (C=O) groups is 1. The highest BCUT2D eigenvalue weighted by atomic mass is 35.5. The zero-order valence-electron chi connectivity index (χ0n) is 14.3. The summed E-state index contributed by atoms with van der Waals surface area (Å²) in [4.78, 5) is 17.3. The first-order valence-corrected chi connectivity index (χ1v) is 9.31. The van der Waals surface area contributed by atoms with E-state index in [1.54, 1.807) is 61.5 Å². The molecule has 0 spiro atoms. The smallest absolute Gasteiger partial charge is 0.344 e. The lowest BCUT2D eigenvalue weighted by Crippen LogP contribution is -2.12. The van der Waals surface area contributed by atoms with Gasteiger partial charge in [0.05, 0.1) is 17.2 Å². The van der Waals surface area contributed by atoms with Crippen molar-refractivity contribution >= 4 is 46.1 Å². The Morgan fingerprint density at radius 3 is 2.44 bits per heavy atom. The number of aliphatic hydroxyl groups excluding tert-OH is 1. The maximum atomic E-state index is 12.3. The number of phenols is 1. The molecule has 0 fully saturated rings. The summed E-state index contributed by atoms with van der Waals surface area (Å²) in [5.74, 6) is -0.670. The molecule has 0 radical (unpaired) electrons. The van der Waals surface area contributed by atoms with E-state index in [0.717, 1.165) is 5.56 Å². The van der Waals surface area contributed by atoms with Gasteiger partial charge in [-0.05, 0) is 55.0 Å². The van der Waals surface area contributed by atoms with Gasteiger partial charge in [0.15, 0.2) is 0 Å². The summed E-state index contributed by atoms with van der Waals surface area (Å²) < 4.78 is 5.07. The minimum Gasteiger partial charge on any atom is -0.508 e. The van der Waals surface area contributed by atoms with E-state index in [1.165, 1.54) is 11.8 Å². The fraction of sp³-hybridized carbons (Fsp3) is 0.100. The van der Waals surface area contributed by atoms with Gasteiger partial charge in [0, 0.05) is 5.02 Å². The number of benzene rings is 2. The van der Waals surface area contributed by atoms with Gasteiger partial charge in [-0.2, -0.15) is 0 Å². The van der Waals surface area contributed by atoms with E-state index >= 15 is 0 Å².